The van der Waals surface area contributed by atoms with E-state index >= 15 is 0 Å². The first-order valence-electron chi connectivity index (χ1n) is 10.7. The molecule has 0 saturated heterocycles. The molecule has 3 aromatic heterocycles. The number of nitrogens with zero attached hydrogens (tertiary/aromatic N) is 3. The van der Waals surface area contributed by atoms with E-state index in [0.717, 1.165) is 46.9 Å². The van der Waals surface area contributed by atoms with Gasteiger partial charge in [0.15, 0.2) is 10.3 Å². The number of benzene rings is 2. The topological polar surface area (TPSA) is 96.9 Å². The van der Waals surface area contributed by atoms with Gasteiger partial charge in [-0.1, -0.05) is 0 Å². The first-order chi connectivity index (χ1) is 18.3. The highest BCUT2D eigenvalue weighted by molar-refractivity contribution is 7.14. The molecule has 0 aliphatic rings. The molecule has 5 rings (SSSR count). The number of carbonyl (C=O) groups is 2. The van der Waals surface area contributed by atoms with Crippen LogP contribution in [-0.4, -0.2) is 26.8 Å². The smallest absolute Gasteiger partial charge is 0.276 e. The molecule has 0 bridgehead atoms. The predicted molar refractivity (Wildman–Crippen MR) is 135 cm³/mol. The van der Waals surface area contributed by atoms with Gasteiger partial charge in [0.2, 0.25) is 0 Å². The van der Waals surface area contributed by atoms with Gasteiger partial charge in [-0.15, -0.1) is 22.7 Å². The van der Waals surface area contributed by atoms with Crippen molar-refractivity contribution in [1.29, 1.82) is 0 Å². The lowest BCUT2D eigenvalue weighted by atomic mass is 10.1. The summed E-state index contributed by atoms with van der Waals surface area (Å²) in [6, 6.07) is 8.93. The van der Waals surface area contributed by atoms with E-state index in [4.69, 9.17) is 0 Å². The van der Waals surface area contributed by atoms with Gasteiger partial charge in [-0.05, 0) is 36.4 Å². The fourth-order valence-corrected chi connectivity index (χ4v) is 4.71. The third kappa shape index (κ3) is 5.43. The van der Waals surface area contributed by atoms with E-state index in [-0.39, 0.29) is 44.0 Å². The van der Waals surface area contributed by atoms with Gasteiger partial charge < -0.3 is 0 Å². The van der Waals surface area contributed by atoms with Crippen LogP contribution in [-0.2, 0) is 0 Å². The van der Waals surface area contributed by atoms with Gasteiger partial charge in [0.25, 0.3) is 11.8 Å². The third-order valence-electron chi connectivity index (χ3n) is 5.12. The first kappa shape index (κ1) is 25.2. The van der Waals surface area contributed by atoms with Crippen LogP contribution in [0.5, 0.6) is 0 Å². The lowest BCUT2D eigenvalue weighted by molar-refractivity contribution is 0.101. The zero-order chi connectivity index (χ0) is 26.8. The fraction of sp³-hybridized carbons (Fsp3) is 0. The normalized spacial score (nSPS) is 10.8. The van der Waals surface area contributed by atoms with Crippen LogP contribution in [0, 0.1) is 23.3 Å². The Balaban J connectivity index is 1.22. The molecule has 0 fully saturated rings. The van der Waals surface area contributed by atoms with E-state index in [1.54, 1.807) is 0 Å². The number of nitrogens with one attached hydrogen (secondary N) is 2. The van der Waals surface area contributed by atoms with Crippen molar-refractivity contribution < 1.29 is 27.2 Å². The molecular formula is C25H13F4N5O2S2. The van der Waals surface area contributed by atoms with Crippen LogP contribution in [0.4, 0.5) is 27.8 Å². The van der Waals surface area contributed by atoms with Gasteiger partial charge in [0.1, 0.15) is 29.0 Å². The Morgan fingerprint density at radius 3 is 1.68 bits per heavy atom. The van der Waals surface area contributed by atoms with E-state index in [1.807, 2.05) is 0 Å². The summed E-state index contributed by atoms with van der Waals surface area (Å²) in [6.07, 6.45) is 1.19. The molecule has 5 aromatic rings. The molecule has 0 unspecified atom stereocenters. The van der Waals surface area contributed by atoms with Crippen LogP contribution >= 0.6 is 22.7 Å². The molecule has 0 aliphatic carbocycles. The van der Waals surface area contributed by atoms with Crippen LogP contribution in [0.2, 0.25) is 0 Å². The number of carbonyl (C=O) groups excluding carboxylic acids is 2. The number of rotatable bonds is 6. The summed E-state index contributed by atoms with van der Waals surface area (Å²) >= 11 is 2.10. The molecule has 7 nitrogen and oxygen atoms in total. The average Bonchev–Trinajstić information content (AvgIpc) is 3.54. The maximum Gasteiger partial charge on any atom is 0.276 e. The van der Waals surface area contributed by atoms with E-state index in [9.17, 15) is 27.2 Å². The van der Waals surface area contributed by atoms with E-state index < -0.39 is 35.1 Å². The Morgan fingerprint density at radius 2 is 1.21 bits per heavy atom. The minimum absolute atomic E-state index is 0.00502. The lowest BCUT2D eigenvalue weighted by Crippen LogP contribution is -2.16. The Kier molecular flexibility index (Phi) is 6.94. The zero-order valence-corrected chi connectivity index (χ0v) is 20.5. The third-order valence-corrected chi connectivity index (χ3v) is 6.64. The number of amides is 2. The van der Waals surface area contributed by atoms with E-state index in [0.29, 0.717) is 0 Å². The van der Waals surface area contributed by atoms with Crippen molar-refractivity contribution in [2.75, 3.05) is 10.6 Å². The van der Waals surface area contributed by atoms with Crippen LogP contribution in [0.1, 0.15) is 20.8 Å². The largest absolute Gasteiger partial charge is 0.298 e. The summed E-state index contributed by atoms with van der Waals surface area (Å²) in [7, 11) is 0. The van der Waals surface area contributed by atoms with Gasteiger partial charge in [-0.2, -0.15) is 0 Å². The molecule has 190 valence electrons. The highest BCUT2D eigenvalue weighted by Gasteiger charge is 2.16. The average molecular weight is 556 g/mol. The maximum atomic E-state index is 14.0. The van der Waals surface area contributed by atoms with Crippen molar-refractivity contribution in [3.63, 3.8) is 0 Å². The van der Waals surface area contributed by atoms with Crippen molar-refractivity contribution in [1.82, 2.24) is 15.0 Å². The monoisotopic (exact) mass is 555 g/mol. The molecule has 3 heterocycles. The molecule has 0 saturated carbocycles. The van der Waals surface area contributed by atoms with Crippen molar-refractivity contribution in [3.05, 3.63) is 100 Å². The Bertz CT molecular complexity index is 1550. The van der Waals surface area contributed by atoms with Gasteiger partial charge in [0, 0.05) is 40.2 Å². The highest BCUT2D eigenvalue weighted by Crippen LogP contribution is 2.29. The number of aromatic nitrogens is 3. The Labute approximate surface area is 219 Å². The zero-order valence-electron chi connectivity index (χ0n) is 18.8. The molecule has 0 radical (unpaired) electrons. The van der Waals surface area contributed by atoms with Gasteiger partial charge in [-0.3, -0.25) is 25.2 Å². The molecule has 2 amide bonds. The van der Waals surface area contributed by atoms with Crippen LogP contribution in [0.15, 0.2) is 65.5 Å². The molecular weight excluding hydrogens is 542 g/mol. The minimum atomic E-state index is -0.777. The van der Waals surface area contributed by atoms with Crippen molar-refractivity contribution in [2.45, 2.75) is 0 Å². The summed E-state index contributed by atoms with van der Waals surface area (Å²) in [5.41, 5.74) is 0.780. The molecule has 2 N–H and O–H groups in total. The molecule has 0 aliphatic heterocycles. The second-order valence-electron chi connectivity index (χ2n) is 7.66. The summed E-state index contributed by atoms with van der Waals surface area (Å²) in [5, 5.41) is 8.50. The fourth-order valence-electron chi connectivity index (χ4n) is 3.30. The quantitative estimate of drug-likeness (QED) is 0.237. The van der Waals surface area contributed by atoms with Crippen molar-refractivity contribution >= 4 is 44.8 Å². The summed E-state index contributed by atoms with van der Waals surface area (Å²) in [5.74, 6) is -4.14. The van der Waals surface area contributed by atoms with Crippen LogP contribution in [0.25, 0.3) is 22.5 Å². The lowest BCUT2D eigenvalue weighted by Gasteiger charge is -2.04. The van der Waals surface area contributed by atoms with E-state index in [2.05, 4.69) is 25.6 Å². The SMILES string of the molecule is O=C(Nc1nc(-c2ccc(F)cc2F)cs1)c1ccc(C(=O)Nc2nc(-c3ccc(F)cc3F)cs2)nc1. The van der Waals surface area contributed by atoms with Crippen molar-refractivity contribution in [2.24, 2.45) is 0 Å². The summed E-state index contributed by atoms with van der Waals surface area (Å²) in [4.78, 5) is 37.4. The van der Waals surface area contributed by atoms with Gasteiger partial charge >= 0.3 is 0 Å². The van der Waals surface area contributed by atoms with Crippen LogP contribution in [0.3, 0.4) is 0 Å². The number of halogens is 4. The highest BCUT2D eigenvalue weighted by atomic mass is 32.1. The van der Waals surface area contributed by atoms with Gasteiger partial charge in [0.05, 0.1) is 17.0 Å². The van der Waals surface area contributed by atoms with Gasteiger partial charge in [-0.25, -0.2) is 27.5 Å². The second-order valence-corrected chi connectivity index (χ2v) is 9.38. The standard InChI is InChI=1S/C25H13F4N5O2S2/c26-13-2-4-15(17(28)7-13)20-10-37-24(31-20)33-22(35)12-1-6-19(30-9-12)23(36)34-25-32-21(11-38-25)16-5-3-14(27)8-18(16)29/h1-11H,(H,31,33,35)(H,32,34,36). The number of hydrogen-bond donors (Lipinski definition) is 2. The number of hydrogen-bond acceptors (Lipinski definition) is 7. The van der Waals surface area contributed by atoms with Crippen LogP contribution < -0.4 is 10.6 Å². The first-order valence-corrected chi connectivity index (χ1v) is 12.4. The molecule has 38 heavy (non-hydrogen) atoms. The maximum absolute atomic E-state index is 14.0. The summed E-state index contributed by atoms with van der Waals surface area (Å²) in [6.45, 7) is 0. The predicted octanol–water partition coefficient (Wildman–Crippen LogP) is 6.39. The van der Waals surface area contributed by atoms with E-state index in [1.165, 1.54) is 41.2 Å². The summed E-state index contributed by atoms with van der Waals surface area (Å²) < 4.78 is 54.2. The number of anilines is 2. The number of pyridine rings is 1. The molecule has 0 atom stereocenters. The number of thiazole rings is 2. The molecule has 2 aromatic carbocycles. The molecule has 13 heteroatoms. The van der Waals surface area contributed by atoms with Crippen molar-refractivity contribution in [3.8, 4) is 22.5 Å². The Hall–Kier alpha value is -4.49. The second kappa shape index (κ2) is 10.5. The Morgan fingerprint density at radius 1 is 0.684 bits per heavy atom. The molecule has 0 spiro atoms. The minimum Gasteiger partial charge on any atom is -0.298 e.